The van der Waals surface area contributed by atoms with Gasteiger partial charge < -0.3 is 24.8 Å². The fourth-order valence-corrected chi connectivity index (χ4v) is 5.67. The van der Waals surface area contributed by atoms with Gasteiger partial charge in [-0.3, -0.25) is 0 Å². The van der Waals surface area contributed by atoms with Gasteiger partial charge in [0.05, 0.1) is 0 Å². The Labute approximate surface area is 120 Å². The minimum Gasteiger partial charge on any atom is -1.00 e. The molecule has 0 heterocycles. The van der Waals surface area contributed by atoms with Gasteiger partial charge in [-0.15, -0.1) is 0 Å². The normalized spacial score (nSPS) is 16.1. The molecule has 0 aliphatic heterocycles. The van der Waals surface area contributed by atoms with Gasteiger partial charge in [-0.1, -0.05) is 0 Å². The van der Waals surface area contributed by atoms with Crippen molar-refractivity contribution in [2.45, 2.75) is 40.3 Å². The molecule has 85 valence electrons. The van der Waals surface area contributed by atoms with Crippen molar-refractivity contribution >= 4 is 8.80 Å². The molecule has 0 saturated heterocycles. The average molecular weight is 298 g/mol. The number of allylic oxidation sites excluding steroid dienone is 4. The van der Waals surface area contributed by atoms with Gasteiger partial charge in [0.2, 0.25) is 0 Å². The average Bonchev–Trinajstić information content (AvgIpc) is 2.28. The molecule has 0 aromatic carbocycles. The van der Waals surface area contributed by atoms with Crippen LogP contribution in [0.15, 0.2) is 20.7 Å². The molecule has 0 atom stereocenters. The molecule has 0 saturated carbocycles. The van der Waals surface area contributed by atoms with E-state index in [0.29, 0.717) is 5.41 Å². The molecule has 0 bridgehead atoms. The fourth-order valence-electron chi connectivity index (χ4n) is 1.96. The first-order chi connectivity index (χ1) is 5.84. The Bertz CT molecular complexity index is 275. The third kappa shape index (κ3) is 4.40. The first kappa shape index (κ1) is 18.4. The Morgan fingerprint density at radius 3 is 1.93 bits per heavy atom. The van der Waals surface area contributed by atoms with Crippen molar-refractivity contribution in [2.24, 2.45) is 5.41 Å². The third-order valence-corrected chi connectivity index (χ3v) is 5.52. The molecule has 4 heteroatoms. The van der Waals surface area contributed by atoms with Crippen LogP contribution in [0.3, 0.4) is 0 Å². The molecule has 0 spiro atoms. The van der Waals surface area contributed by atoms with E-state index in [0.717, 1.165) is 0 Å². The van der Waals surface area contributed by atoms with Crippen molar-refractivity contribution in [3.05, 3.63) is 20.7 Å². The van der Waals surface area contributed by atoms with Gasteiger partial charge in [0.15, 0.2) is 0 Å². The molecule has 0 fully saturated rings. The minimum atomic E-state index is -0.627. The molecule has 0 N–H and O–H groups in total. The summed E-state index contributed by atoms with van der Waals surface area (Å²) >= 11 is 2.30. The van der Waals surface area contributed by atoms with Crippen LogP contribution in [0, 0.1) is 5.41 Å². The van der Waals surface area contributed by atoms with Crippen molar-refractivity contribution in [1.82, 2.24) is 0 Å². The van der Waals surface area contributed by atoms with E-state index in [1.807, 2.05) is 0 Å². The summed E-state index contributed by atoms with van der Waals surface area (Å²) in [6, 6.07) is 0. The van der Waals surface area contributed by atoms with Crippen LogP contribution in [0.25, 0.3) is 0 Å². The van der Waals surface area contributed by atoms with Crippen molar-refractivity contribution in [3.63, 3.8) is 0 Å². The molecule has 0 nitrogen and oxygen atoms in total. The topological polar surface area (TPSA) is 0 Å². The van der Waals surface area contributed by atoms with E-state index in [-0.39, 0.29) is 24.8 Å². The second-order valence-electron chi connectivity index (χ2n) is 5.12. The molecule has 1 aliphatic carbocycles. The maximum absolute atomic E-state index is 2.44. The summed E-state index contributed by atoms with van der Waals surface area (Å²) in [6.07, 6.45) is 3.64. The summed E-state index contributed by atoms with van der Waals surface area (Å²) in [5.41, 5.74) is 1.98. The summed E-state index contributed by atoms with van der Waals surface area (Å²) in [5.74, 6) is 0. The molecule has 1 rings (SSSR count). The predicted molar refractivity (Wildman–Crippen MR) is 58.1 cm³/mol. The molecule has 0 aromatic rings. The first-order valence-corrected chi connectivity index (χ1v) is 8.66. The number of hydrogen-bond donors (Lipinski definition) is 0. The SMILES string of the molecule is C[SiH](C)C1=[C]([Ti+2])CC=C1C(C)(C)C.[Cl-].[Cl-]. The summed E-state index contributed by atoms with van der Waals surface area (Å²) in [6.45, 7) is 11.9. The smallest absolute Gasteiger partial charge is 1.00 e. The minimum absolute atomic E-state index is 0. The Morgan fingerprint density at radius 2 is 1.67 bits per heavy atom. The van der Waals surface area contributed by atoms with Crippen LogP contribution in [0.2, 0.25) is 13.1 Å². The van der Waals surface area contributed by atoms with Gasteiger partial charge in [-0.25, -0.2) is 0 Å². The van der Waals surface area contributed by atoms with Gasteiger partial charge in [-0.2, -0.15) is 0 Å². The van der Waals surface area contributed by atoms with Crippen molar-refractivity contribution in [1.29, 1.82) is 0 Å². The van der Waals surface area contributed by atoms with E-state index in [2.05, 4.69) is 60.4 Å². The summed E-state index contributed by atoms with van der Waals surface area (Å²) < 4.78 is 1.63. The molecular formula is C11H19Cl2SiTi. The summed E-state index contributed by atoms with van der Waals surface area (Å²) in [5, 5.41) is 1.74. The summed E-state index contributed by atoms with van der Waals surface area (Å²) in [7, 11) is -0.627. The third-order valence-electron chi connectivity index (χ3n) is 2.51. The quantitative estimate of drug-likeness (QED) is 0.459. The van der Waals surface area contributed by atoms with Gasteiger partial charge in [0, 0.05) is 0 Å². The number of rotatable bonds is 1. The van der Waals surface area contributed by atoms with E-state index in [1.165, 1.54) is 6.42 Å². The van der Waals surface area contributed by atoms with Gasteiger partial charge in [-0.05, 0) is 0 Å². The van der Waals surface area contributed by atoms with E-state index in [4.69, 9.17) is 0 Å². The molecular weight excluding hydrogens is 279 g/mol. The molecule has 0 amide bonds. The van der Waals surface area contributed by atoms with Crippen LogP contribution in [0.4, 0.5) is 0 Å². The molecule has 15 heavy (non-hydrogen) atoms. The second kappa shape index (κ2) is 6.66. The molecule has 0 radical (unpaired) electrons. The maximum atomic E-state index is 2.44. The van der Waals surface area contributed by atoms with Crippen molar-refractivity contribution in [3.8, 4) is 0 Å². The van der Waals surface area contributed by atoms with Crippen molar-refractivity contribution in [2.75, 3.05) is 0 Å². The number of halogens is 2. The van der Waals surface area contributed by atoms with Crippen LogP contribution in [-0.2, 0) is 20.4 Å². The second-order valence-corrected chi connectivity index (χ2v) is 8.95. The Kier molecular flexibility index (Phi) is 8.15. The molecule has 0 unspecified atom stereocenters. The predicted octanol–water partition coefficient (Wildman–Crippen LogP) is -2.80. The Hall–Kier alpha value is 0.991. The van der Waals surface area contributed by atoms with Gasteiger partial charge in [0.25, 0.3) is 0 Å². The van der Waals surface area contributed by atoms with Crippen LogP contribution in [0.1, 0.15) is 27.2 Å². The molecule has 1 aliphatic rings. The van der Waals surface area contributed by atoms with Gasteiger partial charge in [0.1, 0.15) is 0 Å². The number of hydrogen-bond acceptors (Lipinski definition) is 0. The van der Waals surface area contributed by atoms with Crippen LogP contribution < -0.4 is 24.8 Å². The van der Waals surface area contributed by atoms with Crippen LogP contribution in [0.5, 0.6) is 0 Å². The van der Waals surface area contributed by atoms with Crippen LogP contribution in [-0.4, -0.2) is 8.80 Å². The van der Waals surface area contributed by atoms with E-state index < -0.39 is 8.80 Å². The first-order valence-electron chi connectivity index (χ1n) is 4.99. The van der Waals surface area contributed by atoms with E-state index >= 15 is 0 Å². The standard InChI is InChI=1S/C11H19Si.2ClH.Ti/c1-11(2,3)9-7-6-8-10(9)12(4)5;;;/h7,12H,6H2,1-5H3;2*1H;/q;;;+2/p-2. The maximum Gasteiger partial charge on any atom is -1.00 e. The van der Waals surface area contributed by atoms with Crippen LogP contribution >= 0.6 is 0 Å². The van der Waals surface area contributed by atoms with E-state index in [9.17, 15) is 0 Å². The fraction of sp³-hybridized carbons (Fsp3) is 0.636. The monoisotopic (exact) mass is 297 g/mol. The Morgan fingerprint density at radius 1 is 1.20 bits per heavy atom. The largest absolute Gasteiger partial charge is 1.00 e. The Balaban J connectivity index is 0. The zero-order valence-corrected chi connectivity index (χ0v) is 14.3. The summed E-state index contributed by atoms with van der Waals surface area (Å²) in [4.78, 5) is 0. The molecule has 0 aromatic heterocycles. The zero-order valence-electron chi connectivity index (χ0n) is 10.1. The van der Waals surface area contributed by atoms with Crippen molar-refractivity contribution < 1.29 is 45.2 Å². The van der Waals surface area contributed by atoms with Gasteiger partial charge >= 0.3 is 95.7 Å². The van der Waals surface area contributed by atoms with E-state index in [1.54, 1.807) is 14.6 Å². The zero-order chi connectivity index (χ0) is 10.2.